The molecule has 2 N–H and O–H groups in total. The van der Waals surface area contributed by atoms with Gasteiger partial charge in [0.1, 0.15) is 0 Å². The Labute approximate surface area is 107 Å². The normalized spacial score (nSPS) is 19.3. The van der Waals surface area contributed by atoms with Crippen LogP contribution in [-0.4, -0.2) is 30.4 Å². The average Bonchev–Trinajstić information content (AvgIpc) is 2.46. The number of carbonyl (C=O) groups excluding carboxylic acids is 1. The molecule has 4 heteroatoms. The molecular formula is C14H17N3O. The van der Waals surface area contributed by atoms with E-state index in [-0.39, 0.29) is 5.91 Å². The Morgan fingerprint density at radius 3 is 2.78 bits per heavy atom. The molecule has 18 heavy (non-hydrogen) atoms. The van der Waals surface area contributed by atoms with Gasteiger partial charge in [-0.1, -0.05) is 0 Å². The highest BCUT2D eigenvalue weighted by atomic mass is 16.2. The highest BCUT2D eigenvalue weighted by Gasteiger charge is 2.23. The fraction of sp³-hybridized carbons (Fsp3) is 0.429. The van der Waals surface area contributed by atoms with Crippen LogP contribution in [0.1, 0.15) is 28.8 Å². The third-order valence-corrected chi connectivity index (χ3v) is 3.40. The molecule has 4 nitrogen and oxygen atoms in total. The van der Waals surface area contributed by atoms with Gasteiger partial charge in [-0.05, 0) is 49.6 Å². The van der Waals surface area contributed by atoms with Crippen LogP contribution < -0.4 is 5.73 Å². The maximum absolute atomic E-state index is 12.3. The summed E-state index contributed by atoms with van der Waals surface area (Å²) in [4.78, 5) is 14.1. The lowest BCUT2D eigenvalue weighted by molar-refractivity contribution is 0.0678. The molecule has 1 aromatic carbocycles. The van der Waals surface area contributed by atoms with E-state index in [0.29, 0.717) is 23.6 Å². The molecule has 1 heterocycles. The van der Waals surface area contributed by atoms with E-state index in [4.69, 9.17) is 11.0 Å². The Morgan fingerprint density at radius 2 is 2.17 bits per heavy atom. The monoisotopic (exact) mass is 243 g/mol. The van der Waals surface area contributed by atoms with Crippen LogP contribution in [0.4, 0.5) is 0 Å². The van der Waals surface area contributed by atoms with Gasteiger partial charge in [0.2, 0.25) is 0 Å². The van der Waals surface area contributed by atoms with Crippen molar-refractivity contribution in [1.29, 1.82) is 5.26 Å². The summed E-state index contributed by atoms with van der Waals surface area (Å²) >= 11 is 0. The molecule has 1 amide bonds. The molecule has 0 bridgehead atoms. The standard InChI is InChI=1S/C14H17N3O/c15-8-11-3-5-13(6-4-11)14(18)17-7-1-2-12(9-16)10-17/h3-6,12H,1-2,7,9-10,16H2. The highest BCUT2D eigenvalue weighted by Crippen LogP contribution is 2.17. The van der Waals surface area contributed by atoms with Crippen molar-refractivity contribution in [2.75, 3.05) is 19.6 Å². The van der Waals surface area contributed by atoms with E-state index in [0.717, 1.165) is 25.9 Å². The number of nitrogens with zero attached hydrogens (tertiary/aromatic N) is 2. The van der Waals surface area contributed by atoms with Crippen LogP contribution in [0.3, 0.4) is 0 Å². The molecule has 0 saturated carbocycles. The zero-order chi connectivity index (χ0) is 13.0. The van der Waals surface area contributed by atoms with Crippen LogP contribution in [0.5, 0.6) is 0 Å². The Kier molecular flexibility index (Phi) is 3.96. The Bertz CT molecular complexity index is 461. The van der Waals surface area contributed by atoms with E-state index in [1.165, 1.54) is 0 Å². The van der Waals surface area contributed by atoms with E-state index in [1.54, 1.807) is 24.3 Å². The predicted molar refractivity (Wildman–Crippen MR) is 68.8 cm³/mol. The van der Waals surface area contributed by atoms with Gasteiger partial charge in [0.25, 0.3) is 5.91 Å². The molecule has 1 aromatic rings. The summed E-state index contributed by atoms with van der Waals surface area (Å²) in [5, 5.41) is 8.72. The van der Waals surface area contributed by atoms with Crippen LogP contribution in [-0.2, 0) is 0 Å². The van der Waals surface area contributed by atoms with E-state index < -0.39 is 0 Å². The number of nitriles is 1. The summed E-state index contributed by atoms with van der Waals surface area (Å²) in [6, 6.07) is 8.83. The first-order chi connectivity index (χ1) is 8.74. The van der Waals surface area contributed by atoms with Gasteiger partial charge < -0.3 is 10.6 Å². The SMILES string of the molecule is N#Cc1ccc(C(=O)N2CCCC(CN)C2)cc1. The maximum Gasteiger partial charge on any atom is 0.253 e. The first-order valence-electron chi connectivity index (χ1n) is 6.24. The Hall–Kier alpha value is -1.86. The largest absolute Gasteiger partial charge is 0.338 e. The number of hydrogen-bond acceptors (Lipinski definition) is 3. The number of nitrogens with two attached hydrogens (primary N) is 1. The third kappa shape index (κ3) is 2.69. The van der Waals surface area contributed by atoms with E-state index in [9.17, 15) is 4.79 Å². The van der Waals surface area contributed by atoms with Crippen molar-refractivity contribution >= 4 is 5.91 Å². The van der Waals surface area contributed by atoms with E-state index >= 15 is 0 Å². The van der Waals surface area contributed by atoms with Gasteiger partial charge in [-0.25, -0.2) is 0 Å². The van der Waals surface area contributed by atoms with Gasteiger partial charge in [-0.3, -0.25) is 4.79 Å². The molecule has 1 unspecified atom stereocenters. The second kappa shape index (κ2) is 5.65. The van der Waals surface area contributed by atoms with Crippen molar-refractivity contribution in [2.24, 2.45) is 11.7 Å². The van der Waals surface area contributed by atoms with Gasteiger partial charge in [0.05, 0.1) is 11.6 Å². The first-order valence-corrected chi connectivity index (χ1v) is 6.24. The summed E-state index contributed by atoms with van der Waals surface area (Å²) in [5.74, 6) is 0.457. The topological polar surface area (TPSA) is 70.1 Å². The molecule has 0 aromatic heterocycles. The second-order valence-electron chi connectivity index (χ2n) is 4.68. The van der Waals surface area contributed by atoms with Crippen LogP contribution in [0.25, 0.3) is 0 Å². The second-order valence-corrected chi connectivity index (χ2v) is 4.68. The van der Waals surface area contributed by atoms with Crippen LogP contribution >= 0.6 is 0 Å². The van der Waals surface area contributed by atoms with E-state index in [2.05, 4.69) is 0 Å². The summed E-state index contributed by atoms with van der Waals surface area (Å²) in [5.41, 5.74) is 6.89. The minimum Gasteiger partial charge on any atom is -0.338 e. The molecule has 1 atom stereocenters. The Morgan fingerprint density at radius 1 is 1.44 bits per heavy atom. The number of piperidine rings is 1. The zero-order valence-electron chi connectivity index (χ0n) is 10.3. The lowest BCUT2D eigenvalue weighted by Gasteiger charge is -2.32. The molecular weight excluding hydrogens is 226 g/mol. The number of rotatable bonds is 2. The molecule has 0 spiro atoms. The Balaban J connectivity index is 2.08. The molecule has 1 saturated heterocycles. The van der Waals surface area contributed by atoms with Crippen molar-refractivity contribution in [3.63, 3.8) is 0 Å². The van der Waals surface area contributed by atoms with Gasteiger partial charge in [-0.2, -0.15) is 5.26 Å². The van der Waals surface area contributed by atoms with Crippen LogP contribution in [0.2, 0.25) is 0 Å². The fourth-order valence-corrected chi connectivity index (χ4v) is 2.31. The highest BCUT2D eigenvalue weighted by molar-refractivity contribution is 5.94. The van der Waals surface area contributed by atoms with Gasteiger partial charge in [-0.15, -0.1) is 0 Å². The lowest BCUT2D eigenvalue weighted by atomic mass is 9.97. The quantitative estimate of drug-likeness (QED) is 0.852. The molecule has 0 aliphatic carbocycles. The van der Waals surface area contributed by atoms with Crippen molar-refractivity contribution in [1.82, 2.24) is 4.90 Å². The smallest absolute Gasteiger partial charge is 0.253 e. The fourth-order valence-electron chi connectivity index (χ4n) is 2.31. The predicted octanol–water partition coefficient (Wildman–Crippen LogP) is 1.37. The number of carbonyl (C=O) groups is 1. The van der Waals surface area contributed by atoms with Crippen LogP contribution in [0, 0.1) is 17.2 Å². The number of benzene rings is 1. The maximum atomic E-state index is 12.3. The first kappa shape index (κ1) is 12.6. The molecule has 1 aliphatic heterocycles. The molecule has 1 fully saturated rings. The van der Waals surface area contributed by atoms with Crippen molar-refractivity contribution in [3.8, 4) is 6.07 Å². The molecule has 94 valence electrons. The lowest BCUT2D eigenvalue weighted by Crippen LogP contribution is -2.42. The van der Waals surface area contributed by atoms with Crippen LogP contribution in [0.15, 0.2) is 24.3 Å². The average molecular weight is 243 g/mol. The molecule has 1 aliphatic rings. The number of amides is 1. The van der Waals surface area contributed by atoms with Crippen molar-refractivity contribution < 1.29 is 4.79 Å². The van der Waals surface area contributed by atoms with Crippen molar-refractivity contribution in [3.05, 3.63) is 35.4 Å². The minimum absolute atomic E-state index is 0.0395. The summed E-state index contributed by atoms with van der Waals surface area (Å²) in [6.45, 7) is 2.18. The molecule has 0 radical (unpaired) electrons. The number of hydrogen-bond donors (Lipinski definition) is 1. The summed E-state index contributed by atoms with van der Waals surface area (Å²) in [6.07, 6.45) is 2.12. The molecule has 2 rings (SSSR count). The zero-order valence-corrected chi connectivity index (χ0v) is 10.3. The van der Waals surface area contributed by atoms with Gasteiger partial charge in [0.15, 0.2) is 0 Å². The van der Waals surface area contributed by atoms with Crippen molar-refractivity contribution in [2.45, 2.75) is 12.8 Å². The van der Waals surface area contributed by atoms with E-state index in [1.807, 2.05) is 11.0 Å². The summed E-state index contributed by atoms with van der Waals surface area (Å²) in [7, 11) is 0. The number of likely N-dealkylation sites (tertiary alicyclic amines) is 1. The van der Waals surface area contributed by atoms with Gasteiger partial charge in [0, 0.05) is 18.7 Å². The van der Waals surface area contributed by atoms with Gasteiger partial charge >= 0.3 is 0 Å². The third-order valence-electron chi connectivity index (χ3n) is 3.40. The minimum atomic E-state index is 0.0395. The summed E-state index contributed by atoms with van der Waals surface area (Å²) < 4.78 is 0.